The standard InChI is InChI=1S/C30H30O3.C27H24O3/c1-3-17-32-29-13-7-23(8-14-29)26-19-25(22-5-11-28(31)12-6-22)20-27(21-26)24-9-15-30(16-10-24)33-18-4-2;1-2-15-30-27-13-7-21(8-14-27)24-17-22(19-3-9-25(28)10-4-19)16-23(18-24)20-5-11-26(29)12-6-20/h5-16,19-21,31H,3-4,17-18H2,1-2H3;3-14,16-18,28-29H,2,15H2,1H3. The highest BCUT2D eigenvalue weighted by atomic mass is 16.5. The van der Waals surface area contributed by atoms with E-state index in [9.17, 15) is 15.3 Å². The van der Waals surface area contributed by atoms with Crippen molar-refractivity contribution in [2.45, 2.75) is 40.0 Å². The largest absolute Gasteiger partial charge is 0.508 e. The first-order chi connectivity index (χ1) is 30.8. The van der Waals surface area contributed by atoms with Gasteiger partial charge >= 0.3 is 0 Å². The summed E-state index contributed by atoms with van der Waals surface area (Å²) >= 11 is 0. The van der Waals surface area contributed by atoms with E-state index >= 15 is 0 Å². The number of ether oxygens (including phenoxy) is 3. The highest BCUT2D eigenvalue weighted by Gasteiger charge is 2.11. The smallest absolute Gasteiger partial charge is 0.119 e. The second kappa shape index (κ2) is 21.4. The van der Waals surface area contributed by atoms with E-state index in [1.807, 2.05) is 72.8 Å². The molecule has 0 unspecified atom stereocenters. The molecule has 3 N–H and O–H groups in total. The van der Waals surface area contributed by atoms with Gasteiger partial charge in [-0.15, -0.1) is 0 Å². The third kappa shape index (κ3) is 11.9. The van der Waals surface area contributed by atoms with Gasteiger partial charge in [0.05, 0.1) is 19.8 Å². The first-order valence-corrected chi connectivity index (χ1v) is 21.7. The van der Waals surface area contributed by atoms with Crippen molar-refractivity contribution >= 4 is 0 Å². The number of phenols is 3. The van der Waals surface area contributed by atoms with Crippen LogP contribution in [-0.2, 0) is 0 Å². The lowest BCUT2D eigenvalue weighted by molar-refractivity contribution is 0.317. The van der Waals surface area contributed by atoms with E-state index in [1.54, 1.807) is 36.4 Å². The maximum atomic E-state index is 9.72. The van der Waals surface area contributed by atoms with Gasteiger partial charge in [0.1, 0.15) is 34.5 Å². The Labute approximate surface area is 371 Å². The van der Waals surface area contributed by atoms with Gasteiger partial charge in [-0.1, -0.05) is 93.6 Å². The molecule has 0 heterocycles. The second-order valence-corrected chi connectivity index (χ2v) is 15.4. The zero-order valence-corrected chi connectivity index (χ0v) is 36.1. The third-order valence-corrected chi connectivity index (χ3v) is 10.4. The van der Waals surface area contributed by atoms with Crippen LogP contribution in [0, 0.1) is 0 Å². The minimum absolute atomic E-state index is 0.247. The van der Waals surface area contributed by atoms with Crippen LogP contribution in [0.25, 0.3) is 66.8 Å². The Kier molecular flexibility index (Phi) is 14.8. The lowest BCUT2D eigenvalue weighted by atomic mass is 9.93. The summed E-state index contributed by atoms with van der Waals surface area (Å²) in [5, 5.41) is 29.0. The summed E-state index contributed by atoms with van der Waals surface area (Å²) in [5.41, 5.74) is 13.0. The minimum atomic E-state index is 0.247. The summed E-state index contributed by atoms with van der Waals surface area (Å²) in [5.74, 6) is 3.40. The van der Waals surface area contributed by atoms with Crippen LogP contribution in [0.5, 0.6) is 34.5 Å². The molecule has 0 fully saturated rings. The second-order valence-electron chi connectivity index (χ2n) is 15.4. The van der Waals surface area contributed by atoms with Crippen molar-refractivity contribution in [3.63, 3.8) is 0 Å². The van der Waals surface area contributed by atoms with Crippen LogP contribution in [0.1, 0.15) is 40.0 Å². The highest BCUT2D eigenvalue weighted by Crippen LogP contribution is 2.36. The molecule has 8 rings (SSSR count). The average Bonchev–Trinajstić information content (AvgIpc) is 3.33. The summed E-state index contributed by atoms with van der Waals surface area (Å²) in [6.45, 7) is 8.45. The van der Waals surface area contributed by atoms with E-state index in [2.05, 4.69) is 93.6 Å². The molecule has 0 spiro atoms. The van der Waals surface area contributed by atoms with Crippen molar-refractivity contribution in [1.82, 2.24) is 0 Å². The fraction of sp³-hybridized carbons (Fsp3) is 0.158. The number of hydrogen-bond donors (Lipinski definition) is 3. The van der Waals surface area contributed by atoms with Crippen LogP contribution in [-0.4, -0.2) is 35.1 Å². The lowest BCUT2D eigenvalue weighted by Gasteiger charge is -2.13. The van der Waals surface area contributed by atoms with E-state index in [0.29, 0.717) is 6.61 Å². The van der Waals surface area contributed by atoms with Gasteiger partial charge in [0, 0.05) is 0 Å². The summed E-state index contributed by atoms with van der Waals surface area (Å²) in [7, 11) is 0. The minimum Gasteiger partial charge on any atom is -0.508 e. The van der Waals surface area contributed by atoms with Crippen LogP contribution in [0.2, 0.25) is 0 Å². The number of hydrogen-bond acceptors (Lipinski definition) is 6. The molecule has 0 radical (unpaired) electrons. The van der Waals surface area contributed by atoms with Crippen LogP contribution < -0.4 is 14.2 Å². The number of benzene rings is 8. The van der Waals surface area contributed by atoms with Crippen molar-refractivity contribution < 1.29 is 29.5 Å². The Bertz CT molecular complexity index is 2520. The number of phenolic OH excluding ortho intramolecular Hbond substituents is 3. The molecule has 318 valence electrons. The molecular formula is C57H54O6. The van der Waals surface area contributed by atoms with Gasteiger partial charge in [-0.3, -0.25) is 0 Å². The van der Waals surface area contributed by atoms with Gasteiger partial charge in [-0.05, 0) is 195 Å². The maximum absolute atomic E-state index is 9.72. The van der Waals surface area contributed by atoms with Crippen molar-refractivity contribution in [3.05, 3.63) is 182 Å². The van der Waals surface area contributed by atoms with Crippen molar-refractivity contribution in [1.29, 1.82) is 0 Å². The number of rotatable bonds is 15. The molecule has 0 saturated carbocycles. The summed E-state index contributed by atoms with van der Waals surface area (Å²) < 4.78 is 17.2. The lowest BCUT2D eigenvalue weighted by Crippen LogP contribution is -1.94. The van der Waals surface area contributed by atoms with Crippen LogP contribution in [0.3, 0.4) is 0 Å². The zero-order chi connectivity index (χ0) is 44.0. The molecule has 0 aliphatic heterocycles. The van der Waals surface area contributed by atoms with E-state index in [-0.39, 0.29) is 17.2 Å². The Morgan fingerprint density at radius 2 is 0.429 bits per heavy atom. The highest BCUT2D eigenvalue weighted by molar-refractivity contribution is 5.83. The monoisotopic (exact) mass is 834 g/mol. The van der Waals surface area contributed by atoms with Gasteiger partial charge in [-0.25, -0.2) is 0 Å². The molecule has 6 heteroatoms. The fourth-order valence-corrected chi connectivity index (χ4v) is 7.11. The van der Waals surface area contributed by atoms with E-state index in [4.69, 9.17) is 14.2 Å². The first kappa shape index (κ1) is 43.6. The molecule has 0 aliphatic carbocycles. The first-order valence-electron chi connectivity index (χ1n) is 21.7. The maximum Gasteiger partial charge on any atom is 0.119 e. The molecule has 63 heavy (non-hydrogen) atoms. The Balaban J connectivity index is 0.000000190. The SMILES string of the molecule is CCCOc1ccc(-c2cc(-c3ccc(O)cc3)cc(-c3ccc(O)cc3)c2)cc1.CCCOc1ccc(-c2cc(-c3ccc(O)cc3)cc(-c3ccc(OCCC)cc3)c2)cc1. The average molecular weight is 835 g/mol. The van der Waals surface area contributed by atoms with E-state index < -0.39 is 0 Å². The van der Waals surface area contributed by atoms with Gasteiger partial charge in [0.15, 0.2) is 0 Å². The van der Waals surface area contributed by atoms with Crippen molar-refractivity contribution in [3.8, 4) is 101 Å². The molecule has 6 nitrogen and oxygen atoms in total. The molecule has 0 aromatic heterocycles. The number of aromatic hydroxyl groups is 3. The molecule has 0 aliphatic rings. The predicted octanol–water partition coefficient (Wildman–Crippen LogP) is 14.9. The summed E-state index contributed by atoms with van der Waals surface area (Å²) in [4.78, 5) is 0. The molecule has 0 atom stereocenters. The van der Waals surface area contributed by atoms with Crippen molar-refractivity contribution in [2.75, 3.05) is 19.8 Å². The van der Waals surface area contributed by atoms with Crippen LogP contribution >= 0.6 is 0 Å². The quantitative estimate of drug-likeness (QED) is 0.0953. The predicted molar refractivity (Wildman–Crippen MR) is 258 cm³/mol. The molecule has 8 aromatic carbocycles. The Hall–Kier alpha value is -7.44. The van der Waals surface area contributed by atoms with Crippen molar-refractivity contribution in [2.24, 2.45) is 0 Å². The Morgan fingerprint density at radius 1 is 0.254 bits per heavy atom. The third-order valence-electron chi connectivity index (χ3n) is 10.4. The summed E-state index contributed by atoms with van der Waals surface area (Å²) in [6.07, 6.45) is 2.95. The van der Waals surface area contributed by atoms with E-state index in [1.165, 1.54) is 0 Å². The molecule has 8 aromatic rings. The molecule has 0 saturated heterocycles. The van der Waals surface area contributed by atoms with Gasteiger partial charge in [0.25, 0.3) is 0 Å². The Morgan fingerprint density at radius 3 is 0.603 bits per heavy atom. The summed E-state index contributed by atoms with van der Waals surface area (Å²) in [6, 6.07) is 59.5. The molecule has 0 amide bonds. The molecular weight excluding hydrogens is 781 g/mol. The van der Waals surface area contributed by atoms with Gasteiger partial charge < -0.3 is 29.5 Å². The zero-order valence-electron chi connectivity index (χ0n) is 36.1. The van der Waals surface area contributed by atoms with Crippen LogP contribution in [0.4, 0.5) is 0 Å². The van der Waals surface area contributed by atoms with Gasteiger partial charge in [0.2, 0.25) is 0 Å². The molecule has 0 bridgehead atoms. The normalized spacial score (nSPS) is 10.7. The van der Waals surface area contributed by atoms with Crippen LogP contribution in [0.15, 0.2) is 182 Å². The van der Waals surface area contributed by atoms with Gasteiger partial charge in [-0.2, -0.15) is 0 Å². The fourth-order valence-electron chi connectivity index (χ4n) is 7.11. The van der Waals surface area contributed by atoms with E-state index in [0.717, 1.165) is 116 Å². The topological polar surface area (TPSA) is 88.4 Å².